The van der Waals surface area contributed by atoms with Gasteiger partial charge in [-0.25, -0.2) is 0 Å². The zero-order valence-corrected chi connectivity index (χ0v) is 9.82. The van der Waals surface area contributed by atoms with Crippen LogP contribution in [0.3, 0.4) is 0 Å². The highest BCUT2D eigenvalue weighted by atomic mass is 16.5. The number of benzene rings is 1. The highest BCUT2D eigenvalue weighted by Crippen LogP contribution is 2.05. The molecule has 2 rings (SSSR count). The van der Waals surface area contributed by atoms with E-state index in [-0.39, 0.29) is 5.91 Å². The Balaban J connectivity index is 1.70. The van der Waals surface area contributed by atoms with E-state index >= 15 is 0 Å². The van der Waals surface area contributed by atoms with Crippen LogP contribution in [-0.4, -0.2) is 43.7 Å². The van der Waals surface area contributed by atoms with Crippen LogP contribution < -0.4 is 5.32 Å². The molecular weight excluding hydrogens is 216 g/mol. The summed E-state index contributed by atoms with van der Waals surface area (Å²) in [7, 11) is 0. The van der Waals surface area contributed by atoms with E-state index in [9.17, 15) is 4.79 Å². The normalized spacial score (nSPS) is 16.7. The Hall–Kier alpha value is -1.39. The molecule has 4 heteroatoms. The topological polar surface area (TPSA) is 41.6 Å². The number of amides is 1. The Morgan fingerprint density at radius 2 is 2.24 bits per heavy atom. The van der Waals surface area contributed by atoms with Crippen molar-refractivity contribution in [1.82, 2.24) is 4.90 Å². The minimum atomic E-state index is 0.0407. The predicted molar refractivity (Wildman–Crippen MR) is 65.8 cm³/mol. The van der Waals surface area contributed by atoms with Crippen LogP contribution >= 0.6 is 0 Å². The first-order valence-electron chi connectivity index (χ1n) is 5.91. The molecule has 91 valence electrons. The van der Waals surface area contributed by atoms with Crippen LogP contribution in [0.4, 0.5) is 5.69 Å². The summed E-state index contributed by atoms with van der Waals surface area (Å²) >= 11 is 0. The van der Waals surface area contributed by atoms with Crippen LogP contribution in [0, 0.1) is 6.07 Å². The van der Waals surface area contributed by atoms with Crippen LogP contribution in [0.1, 0.15) is 6.42 Å². The molecule has 4 nitrogen and oxygen atoms in total. The highest BCUT2D eigenvalue weighted by molar-refractivity contribution is 5.90. The number of anilines is 1. The van der Waals surface area contributed by atoms with Crippen LogP contribution in [0.25, 0.3) is 0 Å². The summed E-state index contributed by atoms with van der Waals surface area (Å²) in [4.78, 5) is 13.9. The molecule has 1 N–H and O–H groups in total. The van der Waals surface area contributed by atoms with Gasteiger partial charge >= 0.3 is 0 Å². The number of para-hydroxylation sites is 1. The van der Waals surface area contributed by atoms with Crippen LogP contribution in [0.5, 0.6) is 0 Å². The Bertz CT molecular complexity index is 348. The number of rotatable bonds is 4. The number of carbonyl (C=O) groups excluding carboxylic acids is 1. The van der Waals surface area contributed by atoms with Crippen molar-refractivity contribution in [2.45, 2.75) is 6.42 Å². The predicted octanol–water partition coefficient (Wildman–Crippen LogP) is 1.15. The van der Waals surface area contributed by atoms with Crippen molar-refractivity contribution in [3.05, 3.63) is 30.3 Å². The third kappa shape index (κ3) is 4.17. The van der Waals surface area contributed by atoms with E-state index in [1.807, 2.05) is 18.2 Å². The van der Waals surface area contributed by atoms with Crippen molar-refractivity contribution in [3.63, 3.8) is 0 Å². The van der Waals surface area contributed by atoms with Crippen molar-refractivity contribution >= 4 is 11.6 Å². The van der Waals surface area contributed by atoms with Gasteiger partial charge < -0.3 is 10.1 Å². The third-order valence-corrected chi connectivity index (χ3v) is 2.74. The van der Waals surface area contributed by atoms with Gasteiger partial charge in [-0.05, 0) is 6.07 Å². The number of carbonyl (C=O) groups is 1. The molecule has 0 unspecified atom stereocenters. The lowest BCUT2D eigenvalue weighted by Gasteiger charge is -2.26. The second kappa shape index (κ2) is 6.37. The molecule has 1 radical (unpaired) electrons. The van der Waals surface area contributed by atoms with E-state index in [0.717, 1.165) is 38.5 Å². The number of nitrogens with one attached hydrogen (secondary N) is 1. The minimum absolute atomic E-state index is 0.0407. The average molecular weight is 233 g/mol. The number of ether oxygens (including phenoxy) is 1. The summed E-state index contributed by atoms with van der Waals surface area (Å²) in [6.45, 7) is 4.18. The second-order valence-corrected chi connectivity index (χ2v) is 4.03. The fraction of sp³-hybridized carbons (Fsp3) is 0.462. The summed E-state index contributed by atoms with van der Waals surface area (Å²) in [5.41, 5.74) is 0.736. The van der Waals surface area contributed by atoms with Gasteiger partial charge in [-0.1, -0.05) is 18.2 Å². The molecule has 1 saturated heterocycles. The van der Waals surface area contributed by atoms with Gasteiger partial charge in [-0.2, -0.15) is 0 Å². The molecule has 0 saturated carbocycles. The number of hydrogen-bond acceptors (Lipinski definition) is 3. The largest absolute Gasteiger partial charge is 0.379 e. The zero-order chi connectivity index (χ0) is 11.9. The van der Waals surface area contributed by atoms with Gasteiger partial charge in [0, 0.05) is 37.8 Å². The summed E-state index contributed by atoms with van der Waals surface area (Å²) in [5, 5.41) is 2.83. The summed E-state index contributed by atoms with van der Waals surface area (Å²) < 4.78 is 5.25. The average Bonchev–Trinajstić information content (AvgIpc) is 2.39. The summed E-state index contributed by atoms with van der Waals surface area (Å²) in [6.07, 6.45) is 0.517. The lowest BCUT2D eigenvalue weighted by atomic mass is 10.3. The van der Waals surface area contributed by atoms with E-state index in [0.29, 0.717) is 6.42 Å². The van der Waals surface area contributed by atoms with Gasteiger partial charge in [0.25, 0.3) is 0 Å². The Morgan fingerprint density at radius 3 is 2.94 bits per heavy atom. The number of hydrogen-bond donors (Lipinski definition) is 1. The third-order valence-electron chi connectivity index (χ3n) is 2.74. The molecule has 1 aliphatic rings. The Labute approximate surface area is 102 Å². The maximum absolute atomic E-state index is 11.7. The summed E-state index contributed by atoms with van der Waals surface area (Å²) in [6, 6.07) is 10.4. The standard InChI is InChI=1S/C13H17N2O2/c16-13(14-12-4-2-1-3-5-12)6-7-15-8-10-17-11-9-15/h1-4H,6-11H2,(H,14,16). The maximum atomic E-state index is 11.7. The lowest BCUT2D eigenvalue weighted by molar-refractivity contribution is -0.116. The molecular formula is C13H17N2O2. The first-order chi connectivity index (χ1) is 8.34. The molecule has 1 aromatic rings. The summed E-state index contributed by atoms with van der Waals surface area (Å²) in [5.74, 6) is 0.0407. The molecule has 0 spiro atoms. The minimum Gasteiger partial charge on any atom is -0.379 e. The van der Waals surface area contributed by atoms with Crippen LogP contribution in [-0.2, 0) is 9.53 Å². The molecule has 1 heterocycles. The molecule has 0 aliphatic carbocycles. The van der Waals surface area contributed by atoms with E-state index in [4.69, 9.17) is 4.74 Å². The lowest BCUT2D eigenvalue weighted by Crippen LogP contribution is -2.38. The molecule has 1 amide bonds. The van der Waals surface area contributed by atoms with Crippen molar-refractivity contribution in [3.8, 4) is 0 Å². The molecule has 0 atom stereocenters. The van der Waals surface area contributed by atoms with Crippen molar-refractivity contribution in [2.75, 3.05) is 38.2 Å². The number of nitrogens with zero attached hydrogens (tertiary/aromatic N) is 1. The quantitative estimate of drug-likeness (QED) is 0.848. The molecule has 0 aromatic heterocycles. The van der Waals surface area contributed by atoms with Crippen molar-refractivity contribution < 1.29 is 9.53 Å². The SMILES string of the molecule is O=C(CCN1CCOCC1)Nc1[c]cccc1. The number of morpholine rings is 1. The first-order valence-corrected chi connectivity index (χ1v) is 5.91. The van der Waals surface area contributed by atoms with E-state index in [2.05, 4.69) is 16.3 Å². The molecule has 0 bridgehead atoms. The molecule has 1 fully saturated rings. The van der Waals surface area contributed by atoms with Crippen LogP contribution in [0.15, 0.2) is 24.3 Å². The van der Waals surface area contributed by atoms with Gasteiger partial charge in [-0.3, -0.25) is 9.69 Å². The molecule has 1 aliphatic heterocycles. The van der Waals surface area contributed by atoms with Gasteiger partial charge in [0.15, 0.2) is 0 Å². The maximum Gasteiger partial charge on any atom is 0.225 e. The highest BCUT2D eigenvalue weighted by Gasteiger charge is 2.11. The van der Waals surface area contributed by atoms with Gasteiger partial charge in [-0.15, -0.1) is 0 Å². The Morgan fingerprint density at radius 1 is 1.41 bits per heavy atom. The fourth-order valence-electron chi connectivity index (χ4n) is 1.77. The van der Waals surface area contributed by atoms with Crippen molar-refractivity contribution in [2.24, 2.45) is 0 Å². The monoisotopic (exact) mass is 233 g/mol. The molecule has 17 heavy (non-hydrogen) atoms. The van der Waals surface area contributed by atoms with Gasteiger partial charge in [0.1, 0.15) is 0 Å². The smallest absolute Gasteiger partial charge is 0.225 e. The van der Waals surface area contributed by atoms with E-state index in [1.54, 1.807) is 6.07 Å². The van der Waals surface area contributed by atoms with Gasteiger partial charge in [0.2, 0.25) is 5.91 Å². The van der Waals surface area contributed by atoms with E-state index < -0.39 is 0 Å². The molecule has 1 aromatic carbocycles. The first kappa shape index (κ1) is 12.1. The fourth-order valence-corrected chi connectivity index (χ4v) is 1.77. The van der Waals surface area contributed by atoms with Gasteiger partial charge in [0.05, 0.1) is 13.2 Å². The second-order valence-electron chi connectivity index (χ2n) is 4.03. The van der Waals surface area contributed by atoms with E-state index in [1.165, 1.54) is 0 Å². The van der Waals surface area contributed by atoms with Crippen molar-refractivity contribution in [1.29, 1.82) is 0 Å². The zero-order valence-electron chi connectivity index (χ0n) is 9.82. The Kier molecular flexibility index (Phi) is 4.53. The van der Waals surface area contributed by atoms with Crippen LogP contribution in [0.2, 0.25) is 0 Å².